The normalized spacial score (nSPS) is 24.2. The fourth-order valence-electron chi connectivity index (χ4n) is 2.01. The zero-order valence-corrected chi connectivity index (χ0v) is 12.4. The van der Waals surface area contributed by atoms with Crippen LogP contribution in [-0.2, 0) is 4.74 Å². The number of carbonyl (C=O) groups is 1. The number of hydrogen-bond acceptors (Lipinski definition) is 5. The van der Waals surface area contributed by atoms with Gasteiger partial charge in [0.1, 0.15) is 23.2 Å². The molecule has 0 saturated carbocycles. The summed E-state index contributed by atoms with van der Waals surface area (Å²) in [5.74, 6) is 0.826. The molecule has 116 valence electrons. The first-order valence-electron chi connectivity index (χ1n) is 6.71. The number of methoxy groups -OCH3 is 2. The number of allylic oxidation sites excluding steroid dienone is 2. The maximum atomic E-state index is 12.1. The van der Waals surface area contributed by atoms with Crippen LogP contribution in [0, 0.1) is 0 Å². The SMILES string of the molecule is COC1=CC(O)C(O)(C=CC(=O)c2ccc(OC)cc2)C=C1. The molecule has 0 spiro atoms. The van der Waals surface area contributed by atoms with Crippen molar-refractivity contribution in [2.75, 3.05) is 14.2 Å². The van der Waals surface area contributed by atoms with Gasteiger partial charge in [-0.15, -0.1) is 0 Å². The van der Waals surface area contributed by atoms with Crippen LogP contribution >= 0.6 is 0 Å². The molecule has 0 bridgehead atoms. The molecule has 2 rings (SSSR count). The van der Waals surface area contributed by atoms with E-state index in [1.807, 2.05) is 0 Å². The first-order chi connectivity index (χ1) is 10.5. The fourth-order valence-corrected chi connectivity index (χ4v) is 2.01. The highest BCUT2D eigenvalue weighted by Crippen LogP contribution is 2.23. The minimum Gasteiger partial charge on any atom is -0.497 e. The molecule has 5 nitrogen and oxygen atoms in total. The van der Waals surface area contributed by atoms with Crippen LogP contribution in [0.25, 0.3) is 0 Å². The lowest BCUT2D eigenvalue weighted by Gasteiger charge is -2.28. The summed E-state index contributed by atoms with van der Waals surface area (Å²) < 4.78 is 10.00. The van der Waals surface area contributed by atoms with Gasteiger partial charge in [-0.25, -0.2) is 0 Å². The number of ether oxygens (including phenoxy) is 2. The van der Waals surface area contributed by atoms with Crippen molar-refractivity contribution in [2.24, 2.45) is 0 Å². The standard InChI is InChI=1S/C17H18O5/c1-21-13-5-3-12(4-6-13)15(18)8-10-17(20)9-7-14(22-2)11-16(17)19/h3-11,16,19-20H,1-2H3. The predicted molar refractivity (Wildman–Crippen MR) is 81.7 cm³/mol. The molecule has 1 aliphatic rings. The van der Waals surface area contributed by atoms with Gasteiger partial charge in [-0.1, -0.05) is 0 Å². The third-order valence-electron chi connectivity index (χ3n) is 3.42. The Morgan fingerprint density at radius 3 is 2.45 bits per heavy atom. The number of carbonyl (C=O) groups excluding carboxylic acids is 1. The van der Waals surface area contributed by atoms with Crippen molar-refractivity contribution in [3.8, 4) is 5.75 Å². The molecule has 2 N–H and O–H groups in total. The van der Waals surface area contributed by atoms with Crippen LogP contribution < -0.4 is 4.74 Å². The number of ketones is 1. The molecule has 0 saturated heterocycles. The van der Waals surface area contributed by atoms with Crippen molar-refractivity contribution in [3.63, 3.8) is 0 Å². The van der Waals surface area contributed by atoms with Crippen LogP contribution in [0.4, 0.5) is 0 Å². The van der Waals surface area contributed by atoms with Crippen LogP contribution in [0.3, 0.4) is 0 Å². The van der Waals surface area contributed by atoms with Crippen LogP contribution in [-0.4, -0.2) is 41.9 Å². The average Bonchev–Trinajstić information content (AvgIpc) is 2.55. The van der Waals surface area contributed by atoms with Gasteiger partial charge in [0.2, 0.25) is 0 Å². The maximum absolute atomic E-state index is 12.1. The Kier molecular flexibility index (Phi) is 4.80. The third-order valence-corrected chi connectivity index (χ3v) is 3.42. The van der Waals surface area contributed by atoms with Gasteiger partial charge in [0, 0.05) is 5.56 Å². The van der Waals surface area contributed by atoms with Crippen LogP contribution in [0.5, 0.6) is 5.75 Å². The molecule has 0 radical (unpaired) electrons. The van der Waals surface area contributed by atoms with Gasteiger partial charge in [0.15, 0.2) is 5.78 Å². The predicted octanol–water partition coefficient (Wildman–Crippen LogP) is 1.63. The molecule has 2 unspecified atom stereocenters. The highest BCUT2D eigenvalue weighted by molar-refractivity contribution is 6.04. The monoisotopic (exact) mass is 302 g/mol. The van der Waals surface area contributed by atoms with Gasteiger partial charge in [-0.05, 0) is 54.6 Å². The van der Waals surface area contributed by atoms with E-state index in [2.05, 4.69) is 0 Å². The van der Waals surface area contributed by atoms with Crippen molar-refractivity contribution < 1.29 is 24.5 Å². The smallest absolute Gasteiger partial charge is 0.185 e. The van der Waals surface area contributed by atoms with Crippen molar-refractivity contribution in [1.82, 2.24) is 0 Å². The van der Waals surface area contributed by atoms with E-state index in [4.69, 9.17) is 9.47 Å². The number of benzene rings is 1. The van der Waals surface area contributed by atoms with E-state index in [0.717, 1.165) is 0 Å². The fraction of sp³-hybridized carbons (Fsp3) is 0.235. The number of hydrogen-bond donors (Lipinski definition) is 2. The van der Waals surface area contributed by atoms with Gasteiger partial charge < -0.3 is 19.7 Å². The largest absolute Gasteiger partial charge is 0.497 e. The summed E-state index contributed by atoms with van der Waals surface area (Å²) in [4.78, 5) is 12.1. The van der Waals surface area contributed by atoms with E-state index in [9.17, 15) is 15.0 Å². The highest BCUT2D eigenvalue weighted by atomic mass is 16.5. The molecular formula is C17H18O5. The summed E-state index contributed by atoms with van der Waals surface area (Å²) in [6.07, 6.45) is 5.61. The van der Waals surface area contributed by atoms with E-state index in [-0.39, 0.29) is 5.78 Å². The molecule has 0 aromatic heterocycles. The molecule has 5 heteroatoms. The Morgan fingerprint density at radius 2 is 1.91 bits per heavy atom. The van der Waals surface area contributed by atoms with Crippen molar-refractivity contribution in [3.05, 3.63) is 66.0 Å². The van der Waals surface area contributed by atoms with E-state index in [1.54, 1.807) is 31.4 Å². The van der Waals surface area contributed by atoms with E-state index in [0.29, 0.717) is 17.1 Å². The second-order valence-electron chi connectivity index (χ2n) is 4.86. The van der Waals surface area contributed by atoms with Gasteiger partial charge >= 0.3 is 0 Å². The van der Waals surface area contributed by atoms with E-state index < -0.39 is 11.7 Å². The molecule has 0 fully saturated rings. The van der Waals surface area contributed by atoms with E-state index in [1.165, 1.54) is 37.5 Å². The maximum Gasteiger partial charge on any atom is 0.185 e. The van der Waals surface area contributed by atoms with Gasteiger partial charge in [-0.2, -0.15) is 0 Å². The second-order valence-corrected chi connectivity index (χ2v) is 4.86. The lowest BCUT2D eigenvalue weighted by molar-refractivity contribution is 0.0180. The van der Waals surface area contributed by atoms with Gasteiger partial charge in [0.25, 0.3) is 0 Å². The molecule has 1 aliphatic carbocycles. The first kappa shape index (κ1) is 16.0. The Bertz CT molecular complexity index is 627. The Morgan fingerprint density at radius 1 is 1.23 bits per heavy atom. The average molecular weight is 302 g/mol. The number of aliphatic hydroxyl groups excluding tert-OH is 1. The molecular weight excluding hydrogens is 284 g/mol. The van der Waals surface area contributed by atoms with Crippen LogP contribution in [0.1, 0.15) is 10.4 Å². The lowest BCUT2D eigenvalue weighted by Crippen LogP contribution is -2.39. The number of aliphatic hydroxyl groups is 2. The first-order valence-corrected chi connectivity index (χ1v) is 6.71. The summed E-state index contributed by atoms with van der Waals surface area (Å²) in [7, 11) is 3.02. The van der Waals surface area contributed by atoms with Crippen molar-refractivity contribution in [1.29, 1.82) is 0 Å². The second kappa shape index (κ2) is 6.60. The van der Waals surface area contributed by atoms with Gasteiger partial charge in [-0.3, -0.25) is 4.79 Å². The summed E-state index contributed by atoms with van der Waals surface area (Å²) in [5.41, 5.74) is -1.17. The van der Waals surface area contributed by atoms with Crippen LogP contribution in [0.15, 0.2) is 60.4 Å². The molecule has 0 aliphatic heterocycles. The molecule has 1 aromatic carbocycles. The minimum absolute atomic E-state index is 0.279. The summed E-state index contributed by atoms with van der Waals surface area (Å²) in [6.45, 7) is 0. The molecule has 0 heterocycles. The minimum atomic E-state index is -1.63. The third kappa shape index (κ3) is 3.44. The zero-order chi connectivity index (χ0) is 16.2. The summed E-state index contributed by atoms with van der Waals surface area (Å²) >= 11 is 0. The van der Waals surface area contributed by atoms with Crippen molar-refractivity contribution in [2.45, 2.75) is 11.7 Å². The zero-order valence-electron chi connectivity index (χ0n) is 12.4. The summed E-state index contributed by atoms with van der Waals surface area (Å²) in [6, 6.07) is 6.62. The Hall–Kier alpha value is -2.37. The summed E-state index contributed by atoms with van der Waals surface area (Å²) in [5, 5.41) is 20.3. The van der Waals surface area contributed by atoms with E-state index >= 15 is 0 Å². The molecule has 2 atom stereocenters. The molecule has 0 amide bonds. The number of rotatable bonds is 5. The lowest BCUT2D eigenvalue weighted by atomic mass is 9.90. The van der Waals surface area contributed by atoms with Crippen molar-refractivity contribution >= 4 is 5.78 Å². The van der Waals surface area contributed by atoms with Gasteiger partial charge in [0.05, 0.1) is 14.2 Å². The molecule has 1 aromatic rings. The van der Waals surface area contributed by atoms with Crippen LogP contribution in [0.2, 0.25) is 0 Å². The quantitative estimate of drug-likeness (QED) is 0.638. The Balaban J connectivity index is 2.12. The topological polar surface area (TPSA) is 76.0 Å². The Labute approximate surface area is 128 Å². The molecule has 22 heavy (non-hydrogen) atoms. The highest BCUT2D eigenvalue weighted by Gasteiger charge is 2.32.